The number of nitrogens with zero attached hydrogens (tertiary/aromatic N) is 2. The topological polar surface area (TPSA) is 54.3 Å². The van der Waals surface area contributed by atoms with Crippen LogP contribution in [0.2, 0.25) is 0 Å². The zero-order valence-electron chi connectivity index (χ0n) is 15.3. The molecule has 1 saturated heterocycles. The molecule has 5 nitrogen and oxygen atoms in total. The lowest BCUT2D eigenvalue weighted by Crippen LogP contribution is -2.60. The first kappa shape index (κ1) is 21.2. The molecule has 1 N–H and O–H groups in total. The van der Waals surface area contributed by atoms with E-state index in [0.29, 0.717) is 29.7 Å². The number of carbonyl (C=O) groups excluding carboxylic acids is 1. The molecule has 2 bridgehead atoms. The van der Waals surface area contributed by atoms with E-state index in [9.17, 15) is 9.59 Å². The van der Waals surface area contributed by atoms with Gasteiger partial charge in [-0.1, -0.05) is 53.0 Å². The molecule has 0 saturated carbocycles. The van der Waals surface area contributed by atoms with Gasteiger partial charge < -0.3 is 9.88 Å². The fourth-order valence-corrected chi connectivity index (χ4v) is 5.41. The van der Waals surface area contributed by atoms with Gasteiger partial charge in [0.1, 0.15) is 6.17 Å². The zero-order chi connectivity index (χ0) is 20.8. The maximum Gasteiger partial charge on any atom is 0.253 e. The molecule has 4 rings (SSSR count). The van der Waals surface area contributed by atoms with Crippen molar-refractivity contribution in [3.05, 3.63) is 68.5 Å². The Bertz CT molecular complexity index is 991. The van der Waals surface area contributed by atoms with Gasteiger partial charge >= 0.3 is 0 Å². The number of pyridine rings is 1. The molecule has 2 aromatic rings. The number of rotatable bonds is 3. The highest BCUT2D eigenvalue weighted by molar-refractivity contribution is 9.10. The van der Waals surface area contributed by atoms with Gasteiger partial charge in [0.05, 0.1) is 5.56 Å². The van der Waals surface area contributed by atoms with E-state index in [4.69, 9.17) is 34.8 Å². The largest absolute Gasteiger partial charge is 0.332 e. The normalized spacial score (nSPS) is 22.6. The quantitative estimate of drug-likeness (QED) is 0.620. The summed E-state index contributed by atoms with van der Waals surface area (Å²) >= 11 is 22.3. The average molecular weight is 520 g/mol. The Hall–Kier alpha value is -1.05. The summed E-state index contributed by atoms with van der Waals surface area (Å²) in [5.74, 6) is 0.0735. The lowest BCUT2D eigenvalue weighted by Gasteiger charge is -2.47. The number of aromatic nitrogens is 1. The highest BCUT2D eigenvalue weighted by Crippen LogP contribution is 2.40. The van der Waals surface area contributed by atoms with Crippen LogP contribution in [0.25, 0.3) is 0 Å². The van der Waals surface area contributed by atoms with E-state index in [1.54, 1.807) is 30.3 Å². The van der Waals surface area contributed by atoms with Gasteiger partial charge in [0.15, 0.2) is 0 Å². The summed E-state index contributed by atoms with van der Waals surface area (Å²) < 4.78 is 0.809. The number of hydrogen-bond acceptors (Lipinski definition) is 3. The van der Waals surface area contributed by atoms with E-state index in [2.05, 4.69) is 21.2 Å². The first-order valence-electron chi connectivity index (χ1n) is 9.30. The van der Waals surface area contributed by atoms with Crippen LogP contribution in [-0.2, 0) is 6.54 Å². The third-order valence-corrected chi connectivity index (χ3v) is 6.88. The second-order valence-electron chi connectivity index (χ2n) is 7.55. The van der Waals surface area contributed by atoms with Crippen molar-refractivity contribution in [1.82, 2.24) is 14.8 Å². The van der Waals surface area contributed by atoms with Crippen LogP contribution in [0.15, 0.2) is 51.7 Å². The molecule has 2 aliphatic heterocycles. The number of amides is 1. The highest BCUT2D eigenvalue weighted by atomic mass is 79.9. The summed E-state index contributed by atoms with van der Waals surface area (Å²) in [6.45, 7) is 1.85. The second kappa shape index (κ2) is 8.23. The molecule has 9 heteroatoms. The SMILES string of the molecule is O=C(N[C@@H](N1C[C@@H]2C[C@@H](C1)c1cccc(=O)n1C2)C(Cl)(Cl)Cl)c1ccccc1Br. The second-order valence-corrected chi connectivity index (χ2v) is 10.8. The highest BCUT2D eigenvalue weighted by Gasteiger charge is 2.44. The van der Waals surface area contributed by atoms with Crippen molar-refractivity contribution in [1.29, 1.82) is 0 Å². The molecular formula is C20H19BrCl3N3O2. The number of halogens is 4. The number of piperidine rings is 1. The smallest absolute Gasteiger partial charge is 0.253 e. The third-order valence-electron chi connectivity index (χ3n) is 5.57. The number of fused-ring (bicyclic) bond motifs is 4. The summed E-state index contributed by atoms with van der Waals surface area (Å²) in [6.07, 6.45) is 0.185. The molecule has 0 aliphatic carbocycles. The molecule has 0 spiro atoms. The molecule has 154 valence electrons. The van der Waals surface area contributed by atoms with Crippen LogP contribution < -0.4 is 10.9 Å². The molecule has 1 aromatic carbocycles. The summed E-state index contributed by atoms with van der Waals surface area (Å²) in [4.78, 5) is 27.1. The number of nitrogens with one attached hydrogen (secondary N) is 1. The van der Waals surface area contributed by atoms with Gasteiger partial charge in [-0.15, -0.1) is 0 Å². The predicted octanol–water partition coefficient (Wildman–Crippen LogP) is 4.16. The Morgan fingerprint density at radius 3 is 2.59 bits per heavy atom. The molecule has 2 aliphatic rings. The van der Waals surface area contributed by atoms with E-state index in [0.717, 1.165) is 12.1 Å². The Morgan fingerprint density at radius 1 is 1.10 bits per heavy atom. The van der Waals surface area contributed by atoms with Crippen molar-refractivity contribution >= 4 is 56.6 Å². The van der Waals surface area contributed by atoms with Crippen LogP contribution in [0.5, 0.6) is 0 Å². The number of alkyl halides is 3. The monoisotopic (exact) mass is 517 g/mol. The van der Waals surface area contributed by atoms with Crippen molar-refractivity contribution in [2.75, 3.05) is 13.1 Å². The summed E-state index contributed by atoms with van der Waals surface area (Å²) in [6, 6.07) is 12.5. The summed E-state index contributed by atoms with van der Waals surface area (Å²) in [5, 5.41) is 2.90. The molecule has 29 heavy (non-hydrogen) atoms. The molecule has 1 aromatic heterocycles. The Labute approximate surface area is 192 Å². The number of hydrogen-bond donors (Lipinski definition) is 1. The molecule has 1 fully saturated rings. The number of likely N-dealkylation sites (tertiary alicyclic amines) is 1. The predicted molar refractivity (Wildman–Crippen MR) is 119 cm³/mol. The Balaban J connectivity index is 1.60. The van der Waals surface area contributed by atoms with E-state index in [-0.39, 0.29) is 23.3 Å². The fraction of sp³-hybridized carbons (Fsp3) is 0.400. The molecular weight excluding hydrogens is 501 g/mol. The van der Waals surface area contributed by atoms with Crippen LogP contribution >= 0.6 is 50.7 Å². The van der Waals surface area contributed by atoms with E-state index in [1.807, 2.05) is 21.6 Å². The molecule has 3 atom stereocenters. The van der Waals surface area contributed by atoms with Gasteiger partial charge in [-0.25, -0.2) is 0 Å². The first-order chi connectivity index (χ1) is 13.7. The van der Waals surface area contributed by atoms with Crippen molar-refractivity contribution in [3.63, 3.8) is 0 Å². The molecule has 0 radical (unpaired) electrons. The maximum atomic E-state index is 12.9. The molecule has 0 unspecified atom stereocenters. The average Bonchev–Trinajstić information content (AvgIpc) is 2.66. The lowest BCUT2D eigenvalue weighted by molar-refractivity contribution is 0.0586. The van der Waals surface area contributed by atoms with E-state index >= 15 is 0 Å². The molecule has 1 amide bonds. The Kier molecular flexibility index (Phi) is 6.02. The minimum Gasteiger partial charge on any atom is -0.332 e. The van der Waals surface area contributed by atoms with Gasteiger partial charge in [-0.3, -0.25) is 14.5 Å². The van der Waals surface area contributed by atoms with Crippen LogP contribution in [0.1, 0.15) is 28.4 Å². The lowest BCUT2D eigenvalue weighted by atomic mass is 9.83. The van der Waals surface area contributed by atoms with Crippen molar-refractivity contribution < 1.29 is 4.79 Å². The van der Waals surface area contributed by atoms with Crippen LogP contribution in [0.4, 0.5) is 0 Å². The number of benzene rings is 1. The summed E-state index contributed by atoms with van der Waals surface area (Å²) in [7, 11) is 0. The first-order valence-corrected chi connectivity index (χ1v) is 11.2. The van der Waals surface area contributed by atoms with Crippen molar-refractivity contribution in [3.8, 4) is 0 Å². The van der Waals surface area contributed by atoms with Gasteiger partial charge in [0.2, 0.25) is 3.79 Å². The number of carbonyl (C=O) groups is 1. The summed E-state index contributed by atoms with van der Waals surface area (Å²) in [5.41, 5.74) is 1.49. The van der Waals surface area contributed by atoms with E-state index in [1.165, 1.54) is 0 Å². The van der Waals surface area contributed by atoms with Crippen LogP contribution in [-0.4, -0.2) is 38.4 Å². The van der Waals surface area contributed by atoms with Crippen LogP contribution in [0, 0.1) is 5.92 Å². The van der Waals surface area contributed by atoms with Crippen LogP contribution in [0.3, 0.4) is 0 Å². The van der Waals surface area contributed by atoms with E-state index < -0.39 is 9.96 Å². The molecule has 3 heterocycles. The Morgan fingerprint density at radius 2 is 1.86 bits per heavy atom. The standard InChI is InChI=1S/C20H19BrCl3N3O2/c21-15-5-2-1-4-14(15)18(29)25-19(20(22,23)24)26-9-12-8-13(11-26)16-6-3-7-17(28)27(16)10-12/h1-7,12-13,19H,8-11H2,(H,25,29)/t12-,13-,19-/m0/s1. The minimum atomic E-state index is -1.71. The minimum absolute atomic E-state index is 0.0193. The van der Waals surface area contributed by atoms with Crippen molar-refractivity contribution in [2.24, 2.45) is 5.92 Å². The van der Waals surface area contributed by atoms with Gasteiger partial charge in [-0.2, -0.15) is 0 Å². The zero-order valence-corrected chi connectivity index (χ0v) is 19.2. The van der Waals surface area contributed by atoms with Crippen molar-refractivity contribution in [2.45, 2.75) is 28.8 Å². The maximum absolute atomic E-state index is 12.9. The van der Waals surface area contributed by atoms with Gasteiger partial charge in [0, 0.05) is 41.8 Å². The third kappa shape index (κ3) is 4.37. The fourth-order valence-electron chi connectivity index (χ4n) is 4.37. The van der Waals surface area contributed by atoms with Gasteiger partial charge in [0.25, 0.3) is 11.5 Å². The van der Waals surface area contributed by atoms with Gasteiger partial charge in [-0.05, 0) is 46.5 Å².